The second-order valence-electron chi connectivity index (χ2n) is 4.48. The lowest BCUT2D eigenvalue weighted by atomic mass is 10.1. The van der Waals surface area contributed by atoms with Crippen LogP contribution in [0, 0.1) is 0 Å². The van der Waals surface area contributed by atoms with E-state index in [-0.39, 0.29) is 0 Å². The molecule has 0 N–H and O–H groups in total. The van der Waals surface area contributed by atoms with Crippen molar-refractivity contribution in [3.63, 3.8) is 0 Å². The monoisotopic (exact) mass is 275 g/mol. The van der Waals surface area contributed by atoms with Crippen LogP contribution in [0.5, 0.6) is 11.5 Å². The molecular weight excluding hydrogens is 254 g/mol. The van der Waals surface area contributed by atoms with Crippen molar-refractivity contribution in [1.82, 2.24) is 15.0 Å². The lowest BCUT2D eigenvalue weighted by molar-refractivity contribution is 0.310. The van der Waals surface area contributed by atoms with Crippen LogP contribution in [0.15, 0.2) is 24.4 Å². The first-order valence-corrected chi connectivity index (χ1v) is 6.95. The number of nitrogens with zero attached hydrogens (tertiary/aromatic N) is 3. The first-order valence-electron chi connectivity index (χ1n) is 6.95. The zero-order valence-corrected chi connectivity index (χ0v) is 12.3. The molecule has 0 aliphatic carbocycles. The van der Waals surface area contributed by atoms with Crippen LogP contribution < -0.4 is 9.47 Å². The Balaban J connectivity index is 2.02. The average Bonchev–Trinajstić information content (AvgIpc) is 2.94. The van der Waals surface area contributed by atoms with Crippen LogP contribution in [0.2, 0.25) is 0 Å². The Morgan fingerprint density at radius 3 is 2.65 bits per heavy atom. The quantitative estimate of drug-likeness (QED) is 0.779. The van der Waals surface area contributed by atoms with Gasteiger partial charge in [-0.2, -0.15) is 0 Å². The summed E-state index contributed by atoms with van der Waals surface area (Å²) in [5.74, 6) is 1.57. The van der Waals surface area contributed by atoms with Crippen LogP contribution in [0.1, 0.15) is 25.1 Å². The molecule has 2 rings (SSSR count). The van der Waals surface area contributed by atoms with E-state index >= 15 is 0 Å². The molecule has 5 nitrogen and oxygen atoms in total. The van der Waals surface area contributed by atoms with Crippen molar-refractivity contribution in [2.24, 2.45) is 0 Å². The predicted molar refractivity (Wildman–Crippen MR) is 77.3 cm³/mol. The van der Waals surface area contributed by atoms with Crippen LogP contribution in [0.25, 0.3) is 0 Å². The van der Waals surface area contributed by atoms with E-state index in [1.165, 1.54) is 5.56 Å². The third-order valence-corrected chi connectivity index (χ3v) is 3.11. The Bertz CT molecular complexity index is 552. The van der Waals surface area contributed by atoms with E-state index in [1.54, 1.807) is 7.11 Å². The highest BCUT2D eigenvalue weighted by molar-refractivity contribution is 5.43. The van der Waals surface area contributed by atoms with Gasteiger partial charge < -0.3 is 9.47 Å². The maximum absolute atomic E-state index is 5.51. The van der Waals surface area contributed by atoms with Crippen molar-refractivity contribution in [3.05, 3.63) is 35.7 Å². The van der Waals surface area contributed by atoms with E-state index in [2.05, 4.69) is 23.3 Å². The van der Waals surface area contributed by atoms with Gasteiger partial charge in [-0.1, -0.05) is 11.3 Å². The summed E-state index contributed by atoms with van der Waals surface area (Å²) in [6.45, 7) is 5.50. The summed E-state index contributed by atoms with van der Waals surface area (Å²) in [4.78, 5) is 0. The molecule has 0 saturated heterocycles. The van der Waals surface area contributed by atoms with Gasteiger partial charge in [-0.05, 0) is 44.4 Å². The number of ether oxygens (including phenoxy) is 2. The van der Waals surface area contributed by atoms with Crippen LogP contribution >= 0.6 is 0 Å². The van der Waals surface area contributed by atoms with Crippen LogP contribution in [0.3, 0.4) is 0 Å². The second kappa shape index (κ2) is 6.93. The summed E-state index contributed by atoms with van der Waals surface area (Å²) in [6.07, 6.45) is 3.77. The van der Waals surface area contributed by atoms with Gasteiger partial charge in [0.15, 0.2) is 11.5 Å². The minimum atomic E-state index is 0.635. The van der Waals surface area contributed by atoms with Gasteiger partial charge in [-0.3, -0.25) is 4.68 Å². The SMILES string of the molecule is CCOc1ccc(CCc2cn(CC)nn2)cc1OC. The molecule has 20 heavy (non-hydrogen) atoms. The molecule has 108 valence electrons. The molecular formula is C15H21N3O2. The van der Waals surface area contributed by atoms with Crippen molar-refractivity contribution in [2.75, 3.05) is 13.7 Å². The van der Waals surface area contributed by atoms with Gasteiger partial charge in [-0.25, -0.2) is 0 Å². The summed E-state index contributed by atoms with van der Waals surface area (Å²) in [5.41, 5.74) is 2.22. The summed E-state index contributed by atoms with van der Waals surface area (Å²) in [6, 6.07) is 6.05. The number of hydrogen-bond donors (Lipinski definition) is 0. The fraction of sp³-hybridized carbons (Fsp3) is 0.467. The van der Waals surface area contributed by atoms with Gasteiger partial charge in [0.25, 0.3) is 0 Å². The van der Waals surface area contributed by atoms with E-state index in [9.17, 15) is 0 Å². The minimum absolute atomic E-state index is 0.635. The molecule has 0 bridgehead atoms. The molecule has 0 atom stereocenters. The molecule has 5 heteroatoms. The third-order valence-electron chi connectivity index (χ3n) is 3.11. The van der Waals surface area contributed by atoms with E-state index in [0.717, 1.165) is 36.6 Å². The first-order chi connectivity index (χ1) is 9.76. The van der Waals surface area contributed by atoms with Gasteiger partial charge in [-0.15, -0.1) is 5.10 Å². The molecule has 0 amide bonds. The Morgan fingerprint density at radius 1 is 1.15 bits per heavy atom. The normalized spacial score (nSPS) is 10.6. The van der Waals surface area contributed by atoms with Crippen LogP contribution in [-0.4, -0.2) is 28.7 Å². The molecule has 0 aliphatic rings. The van der Waals surface area contributed by atoms with Gasteiger partial charge >= 0.3 is 0 Å². The van der Waals surface area contributed by atoms with Gasteiger partial charge in [0.2, 0.25) is 0 Å². The first kappa shape index (κ1) is 14.4. The summed E-state index contributed by atoms with van der Waals surface area (Å²) < 4.78 is 12.7. The van der Waals surface area contributed by atoms with Crippen LogP contribution in [0.4, 0.5) is 0 Å². The number of aryl methyl sites for hydroxylation is 3. The molecule has 0 radical (unpaired) electrons. The molecule has 1 aromatic heterocycles. The van der Waals surface area contributed by atoms with E-state index < -0.39 is 0 Å². The van der Waals surface area contributed by atoms with Crippen molar-refractivity contribution < 1.29 is 9.47 Å². The lowest BCUT2D eigenvalue weighted by Gasteiger charge is -2.10. The Labute approximate surface area is 119 Å². The number of benzene rings is 1. The summed E-state index contributed by atoms with van der Waals surface area (Å²) >= 11 is 0. The predicted octanol–water partition coefficient (Wildman–Crippen LogP) is 2.49. The standard InChI is InChI=1S/C15H21N3O2/c1-4-18-11-13(16-17-18)8-6-12-7-9-14(20-5-2)15(10-12)19-3/h7,9-11H,4-6,8H2,1-3H3. The fourth-order valence-electron chi connectivity index (χ4n) is 2.02. The van der Waals surface area contributed by atoms with Crippen LogP contribution in [-0.2, 0) is 19.4 Å². The molecule has 0 saturated carbocycles. The molecule has 1 heterocycles. The third kappa shape index (κ3) is 3.50. The fourth-order valence-corrected chi connectivity index (χ4v) is 2.02. The Morgan fingerprint density at radius 2 is 2.00 bits per heavy atom. The molecule has 0 spiro atoms. The number of hydrogen-bond acceptors (Lipinski definition) is 4. The molecule has 0 aliphatic heterocycles. The highest BCUT2D eigenvalue weighted by atomic mass is 16.5. The zero-order chi connectivity index (χ0) is 14.4. The summed E-state index contributed by atoms with van der Waals surface area (Å²) in [7, 11) is 1.66. The van der Waals surface area contributed by atoms with Crippen molar-refractivity contribution in [1.29, 1.82) is 0 Å². The van der Waals surface area contributed by atoms with Crippen molar-refractivity contribution in [3.8, 4) is 11.5 Å². The van der Waals surface area contributed by atoms with Gasteiger partial charge in [0.05, 0.1) is 19.4 Å². The minimum Gasteiger partial charge on any atom is -0.493 e. The Kier molecular flexibility index (Phi) is 4.98. The average molecular weight is 275 g/mol. The van der Waals surface area contributed by atoms with E-state index in [4.69, 9.17) is 9.47 Å². The van der Waals surface area contributed by atoms with Gasteiger partial charge in [0.1, 0.15) is 0 Å². The molecule has 2 aromatic rings. The van der Waals surface area contributed by atoms with Gasteiger partial charge in [0, 0.05) is 12.7 Å². The van der Waals surface area contributed by atoms with Crippen molar-refractivity contribution >= 4 is 0 Å². The lowest BCUT2D eigenvalue weighted by Crippen LogP contribution is -1.97. The summed E-state index contributed by atoms with van der Waals surface area (Å²) in [5, 5.41) is 8.19. The number of rotatable bonds is 7. The zero-order valence-electron chi connectivity index (χ0n) is 12.3. The molecule has 0 fully saturated rings. The maximum Gasteiger partial charge on any atom is 0.161 e. The molecule has 1 aromatic carbocycles. The number of aromatic nitrogens is 3. The number of methoxy groups -OCH3 is 1. The van der Waals surface area contributed by atoms with E-state index in [1.807, 2.05) is 29.9 Å². The van der Waals surface area contributed by atoms with E-state index in [0.29, 0.717) is 6.61 Å². The second-order valence-corrected chi connectivity index (χ2v) is 4.48. The topological polar surface area (TPSA) is 49.2 Å². The highest BCUT2D eigenvalue weighted by Gasteiger charge is 2.06. The molecule has 0 unspecified atom stereocenters. The Hall–Kier alpha value is -2.04. The van der Waals surface area contributed by atoms with Crippen molar-refractivity contribution in [2.45, 2.75) is 33.2 Å². The smallest absolute Gasteiger partial charge is 0.161 e. The largest absolute Gasteiger partial charge is 0.493 e. The maximum atomic E-state index is 5.51. The highest BCUT2D eigenvalue weighted by Crippen LogP contribution is 2.28.